The first kappa shape index (κ1) is 8.83. The molecule has 2 heteroatoms. The molecule has 1 N–H and O–H groups in total. The van der Waals surface area contributed by atoms with Gasteiger partial charge in [0.25, 0.3) is 0 Å². The van der Waals surface area contributed by atoms with Crippen LogP contribution in [0.25, 0.3) is 0 Å². The lowest BCUT2D eigenvalue weighted by molar-refractivity contribution is 0.141. The number of hydrogen-bond donors (Lipinski definition) is 1. The monoisotopic (exact) mass is 187 g/mol. The number of alkyl halides is 1. The van der Waals surface area contributed by atoms with Gasteiger partial charge in [-0.2, -0.15) is 0 Å². The lowest BCUT2D eigenvalue weighted by Gasteiger charge is -2.42. The molecule has 1 saturated carbocycles. The van der Waals surface area contributed by atoms with E-state index in [2.05, 4.69) is 12.2 Å². The summed E-state index contributed by atoms with van der Waals surface area (Å²) >= 11 is 6.12. The molecule has 1 aliphatic heterocycles. The average molecular weight is 188 g/mol. The summed E-state index contributed by atoms with van der Waals surface area (Å²) in [6.45, 7) is 2.36. The Balaban J connectivity index is 2.01. The summed E-state index contributed by atoms with van der Waals surface area (Å²) in [5.74, 6) is 1.74. The smallest absolute Gasteiger partial charge is 0.0830 e. The highest BCUT2D eigenvalue weighted by Crippen LogP contribution is 2.36. The largest absolute Gasteiger partial charge is 0.298 e. The summed E-state index contributed by atoms with van der Waals surface area (Å²) < 4.78 is 0. The van der Waals surface area contributed by atoms with Crippen LogP contribution in [-0.4, -0.2) is 11.5 Å². The van der Waals surface area contributed by atoms with Crippen molar-refractivity contribution in [3.63, 3.8) is 0 Å². The third-order valence-corrected chi connectivity index (χ3v) is 3.83. The van der Waals surface area contributed by atoms with Crippen molar-refractivity contribution in [1.82, 2.24) is 5.32 Å². The second-order valence-corrected chi connectivity index (χ2v) is 4.93. The van der Waals surface area contributed by atoms with Gasteiger partial charge in [-0.15, -0.1) is 11.6 Å². The Morgan fingerprint density at radius 3 is 2.83 bits per heavy atom. The molecule has 0 aromatic heterocycles. The minimum Gasteiger partial charge on any atom is -0.298 e. The zero-order chi connectivity index (χ0) is 8.55. The predicted octanol–water partition coefficient (Wildman–Crippen LogP) is 2.74. The molecule has 4 unspecified atom stereocenters. The van der Waals surface area contributed by atoms with E-state index in [1.807, 2.05) is 0 Å². The van der Waals surface area contributed by atoms with Crippen molar-refractivity contribution in [2.24, 2.45) is 11.8 Å². The maximum Gasteiger partial charge on any atom is 0.0830 e. The summed E-state index contributed by atoms with van der Waals surface area (Å²) in [5.41, 5.74) is 0.236. The summed E-state index contributed by atoms with van der Waals surface area (Å²) in [6.07, 6.45) is 6.74. The van der Waals surface area contributed by atoms with Crippen LogP contribution in [0.3, 0.4) is 0 Å². The summed E-state index contributed by atoms with van der Waals surface area (Å²) in [4.78, 5) is 0. The summed E-state index contributed by atoms with van der Waals surface area (Å²) in [7, 11) is 0. The Hall–Kier alpha value is 0.250. The molecule has 0 amide bonds. The fourth-order valence-corrected chi connectivity index (χ4v) is 3.29. The molecule has 1 heterocycles. The van der Waals surface area contributed by atoms with Gasteiger partial charge in [-0.1, -0.05) is 19.8 Å². The zero-order valence-electron chi connectivity index (χ0n) is 7.72. The van der Waals surface area contributed by atoms with Crippen LogP contribution in [0.1, 0.15) is 39.0 Å². The molecular formula is C10H18ClN. The van der Waals surface area contributed by atoms with E-state index < -0.39 is 0 Å². The van der Waals surface area contributed by atoms with E-state index in [-0.39, 0.29) is 5.50 Å². The molecule has 0 radical (unpaired) electrons. The lowest BCUT2D eigenvalue weighted by Crippen LogP contribution is -2.50. The first-order chi connectivity index (χ1) is 5.77. The third-order valence-electron chi connectivity index (χ3n) is 3.52. The van der Waals surface area contributed by atoms with Gasteiger partial charge in [-0.3, -0.25) is 5.32 Å². The lowest BCUT2D eigenvalue weighted by atomic mass is 9.74. The normalized spacial score (nSPS) is 48.5. The van der Waals surface area contributed by atoms with Gasteiger partial charge >= 0.3 is 0 Å². The molecule has 0 aromatic rings. The van der Waals surface area contributed by atoms with Gasteiger partial charge < -0.3 is 0 Å². The Bertz CT molecular complexity index is 160. The standard InChI is InChI=1S/C10H18ClN/c1-7-6-10(11)12-9-5-3-2-4-8(7)9/h7-10,12H,2-6H2,1H3. The van der Waals surface area contributed by atoms with E-state index in [0.717, 1.165) is 24.3 Å². The van der Waals surface area contributed by atoms with Crippen LogP contribution in [0.5, 0.6) is 0 Å². The first-order valence-corrected chi connectivity index (χ1v) is 5.61. The van der Waals surface area contributed by atoms with Gasteiger partial charge in [-0.25, -0.2) is 0 Å². The molecule has 0 aromatic carbocycles. The highest BCUT2D eigenvalue weighted by atomic mass is 35.5. The SMILES string of the molecule is CC1CC(Cl)NC2CCCCC12. The molecule has 2 rings (SSSR count). The van der Waals surface area contributed by atoms with Crippen LogP contribution in [0.4, 0.5) is 0 Å². The minimum atomic E-state index is 0.236. The fourth-order valence-electron chi connectivity index (χ4n) is 2.85. The van der Waals surface area contributed by atoms with Crippen LogP contribution in [0, 0.1) is 11.8 Å². The fraction of sp³-hybridized carbons (Fsp3) is 1.00. The quantitative estimate of drug-likeness (QED) is 0.454. The average Bonchev–Trinajstić information content (AvgIpc) is 2.04. The van der Waals surface area contributed by atoms with Crippen molar-refractivity contribution < 1.29 is 0 Å². The van der Waals surface area contributed by atoms with Crippen molar-refractivity contribution in [2.45, 2.75) is 50.6 Å². The summed E-state index contributed by atoms with van der Waals surface area (Å²) in [6, 6.07) is 0.727. The van der Waals surface area contributed by atoms with E-state index >= 15 is 0 Å². The van der Waals surface area contributed by atoms with Gasteiger partial charge in [0.15, 0.2) is 0 Å². The van der Waals surface area contributed by atoms with Crippen LogP contribution in [0.15, 0.2) is 0 Å². The Kier molecular flexibility index (Phi) is 2.61. The van der Waals surface area contributed by atoms with E-state index in [9.17, 15) is 0 Å². The van der Waals surface area contributed by atoms with Crippen molar-refractivity contribution >= 4 is 11.6 Å². The maximum atomic E-state index is 6.12. The van der Waals surface area contributed by atoms with Crippen LogP contribution >= 0.6 is 11.6 Å². The van der Waals surface area contributed by atoms with Crippen LogP contribution in [0.2, 0.25) is 0 Å². The predicted molar refractivity (Wildman–Crippen MR) is 52.3 cm³/mol. The third kappa shape index (κ3) is 1.62. The molecule has 1 aliphatic carbocycles. The number of fused-ring (bicyclic) bond motifs is 1. The van der Waals surface area contributed by atoms with Gasteiger partial charge in [0.05, 0.1) is 5.50 Å². The highest BCUT2D eigenvalue weighted by Gasteiger charge is 2.35. The highest BCUT2D eigenvalue weighted by molar-refractivity contribution is 6.20. The molecular weight excluding hydrogens is 170 g/mol. The van der Waals surface area contributed by atoms with E-state index in [4.69, 9.17) is 11.6 Å². The van der Waals surface area contributed by atoms with Crippen molar-refractivity contribution in [3.8, 4) is 0 Å². The number of rotatable bonds is 0. The minimum absolute atomic E-state index is 0.236. The number of halogens is 1. The second kappa shape index (κ2) is 3.55. The van der Waals surface area contributed by atoms with Crippen molar-refractivity contribution in [3.05, 3.63) is 0 Å². The maximum absolute atomic E-state index is 6.12. The second-order valence-electron chi connectivity index (χ2n) is 4.40. The molecule has 4 atom stereocenters. The molecule has 2 fully saturated rings. The molecule has 2 aliphatic rings. The van der Waals surface area contributed by atoms with Crippen molar-refractivity contribution in [1.29, 1.82) is 0 Å². The molecule has 1 saturated heterocycles. The van der Waals surface area contributed by atoms with E-state index in [1.165, 1.54) is 25.7 Å². The zero-order valence-corrected chi connectivity index (χ0v) is 8.48. The summed E-state index contributed by atoms with van der Waals surface area (Å²) in [5, 5.41) is 3.51. The molecule has 0 bridgehead atoms. The Labute approximate surface area is 79.9 Å². The van der Waals surface area contributed by atoms with Crippen molar-refractivity contribution in [2.75, 3.05) is 0 Å². The Morgan fingerprint density at radius 1 is 1.25 bits per heavy atom. The van der Waals surface area contributed by atoms with Crippen LogP contribution in [-0.2, 0) is 0 Å². The number of nitrogens with one attached hydrogen (secondary N) is 1. The topological polar surface area (TPSA) is 12.0 Å². The van der Waals surface area contributed by atoms with Gasteiger partial charge in [0, 0.05) is 6.04 Å². The molecule has 1 nitrogen and oxygen atoms in total. The number of piperidine rings is 1. The Morgan fingerprint density at radius 2 is 2.00 bits per heavy atom. The van der Waals surface area contributed by atoms with Crippen LogP contribution < -0.4 is 5.32 Å². The first-order valence-electron chi connectivity index (χ1n) is 5.17. The van der Waals surface area contributed by atoms with Gasteiger partial charge in [0.1, 0.15) is 0 Å². The van der Waals surface area contributed by atoms with Gasteiger partial charge in [-0.05, 0) is 31.1 Å². The molecule has 12 heavy (non-hydrogen) atoms. The molecule has 70 valence electrons. The number of hydrogen-bond acceptors (Lipinski definition) is 1. The van der Waals surface area contributed by atoms with E-state index in [0.29, 0.717) is 0 Å². The molecule has 0 spiro atoms. The van der Waals surface area contributed by atoms with Gasteiger partial charge in [0.2, 0.25) is 0 Å². The van der Waals surface area contributed by atoms with E-state index in [1.54, 1.807) is 0 Å².